The van der Waals surface area contributed by atoms with Gasteiger partial charge in [0.1, 0.15) is 6.26 Å². The van der Waals surface area contributed by atoms with E-state index in [1.807, 2.05) is 30.3 Å². The van der Waals surface area contributed by atoms with Crippen molar-refractivity contribution >= 4 is 11.8 Å². The van der Waals surface area contributed by atoms with Gasteiger partial charge in [-0.2, -0.15) is 0 Å². The maximum absolute atomic E-state index is 5.47. The Morgan fingerprint density at radius 1 is 1.00 bits per heavy atom. The second-order valence-electron chi connectivity index (χ2n) is 3.83. The monoisotopic (exact) mass is 269 g/mol. The van der Waals surface area contributed by atoms with Gasteiger partial charge in [-0.1, -0.05) is 30.0 Å². The van der Waals surface area contributed by atoms with Crippen LogP contribution in [0.3, 0.4) is 0 Å². The molecule has 0 aliphatic rings. The SMILES string of the molecule is c1ccc(-c2nc(CSc3ncccn3)co2)cc1. The van der Waals surface area contributed by atoms with Gasteiger partial charge >= 0.3 is 0 Å². The Hall–Kier alpha value is -2.14. The largest absolute Gasteiger partial charge is 0.444 e. The Morgan fingerprint density at radius 3 is 2.58 bits per heavy atom. The third kappa shape index (κ3) is 3.00. The van der Waals surface area contributed by atoms with Crippen molar-refractivity contribution in [3.05, 3.63) is 60.7 Å². The predicted molar refractivity (Wildman–Crippen MR) is 73.5 cm³/mol. The molecule has 0 atom stereocenters. The highest BCUT2D eigenvalue weighted by Gasteiger charge is 2.07. The third-order valence-electron chi connectivity index (χ3n) is 2.46. The lowest BCUT2D eigenvalue weighted by Crippen LogP contribution is -1.86. The van der Waals surface area contributed by atoms with Crippen molar-refractivity contribution in [2.45, 2.75) is 10.9 Å². The quantitative estimate of drug-likeness (QED) is 0.536. The van der Waals surface area contributed by atoms with Crippen LogP contribution in [0.2, 0.25) is 0 Å². The first-order chi connectivity index (χ1) is 9.42. The Labute approximate surface area is 114 Å². The molecule has 5 heteroatoms. The van der Waals surface area contributed by atoms with E-state index >= 15 is 0 Å². The molecule has 3 rings (SSSR count). The van der Waals surface area contributed by atoms with Crippen molar-refractivity contribution in [3.63, 3.8) is 0 Å². The zero-order valence-corrected chi connectivity index (χ0v) is 10.9. The van der Waals surface area contributed by atoms with Gasteiger partial charge in [-0.25, -0.2) is 15.0 Å². The zero-order chi connectivity index (χ0) is 12.9. The predicted octanol–water partition coefficient (Wildman–Crippen LogP) is 3.42. The minimum Gasteiger partial charge on any atom is -0.444 e. The van der Waals surface area contributed by atoms with E-state index in [9.17, 15) is 0 Å². The lowest BCUT2D eigenvalue weighted by Gasteiger charge is -1.95. The van der Waals surface area contributed by atoms with Crippen molar-refractivity contribution in [1.29, 1.82) is 0 Å². The first-order valence-electron chi connectivity index (χ1n) is 5.81. The van der Waals surface area contributed by atoms with E-state index in [4.69, 9.17) is 4.42 Å². The van der Waals surface area contributed by atoms with Gasteiger partial charge in [0.25, 0.3) is 0 Å². The number of nitrogens with zero attached hydrogens (tertiary/aromatic N) is 3. The first kappa shape index (κ1) is 11.9. The van der Waals surface area contributed by atoms with Crippen LogP contribution in [0.4, 0.5) is 0 Å². The molecule has 2 heterocycles. The fourth-order valence-electron chi connectivity index (χ4n) is 1.59. The summed E-state index contributed by atoms with van der Waals surface area (Å²) in [7, 11) is 0. The molecule has 1 aromatic carbocycles. The van der Waals surface area contributed by atoms with E-state index in [1.165, 1.54) is 11.8 Å². The number of aromatic nitrogens is 3. The molecule has 0 amide bonds. The molecule has 3 aromatic rings. The maximum atomic E-state index is 5.47. The molecule has 0 saturated carbocycles. The highest BCUT2D eigenvalue weighted by atomic mass is 32.2. The van der Waals surface area contributed by atoms with Crippen LogP contribution in [0.25, 0.3) is 11.5 Å². The minimum absolute atomic E-state index is 0.644. The Kier molecular flexibility index (Phi) is 3.56. The number of benzene rings is 1. The fraction of sp³-hybridized carbons (Fsp3) is 0.0714. The molecule has 19 heavy (non-hydrogen) atoms. The van der Waals surface area contributed by atoms with Crippen LogP contribution < -0.4 is 0 Å². The molecule has 0 spiro atoms. The van der Waals surface area contributed by atoms with Crippen molar-refractivity contribution in [2.75, 3.05) is 0 Å². The van der Waals surface area contributed by atoms with E-state index in [2.05, 4.69) is 15.0 Å². The van der Waals surface area contributed by atoms with Crippen LogP contribution in [0.1, 0.15) is 5.69 Å². The number of oxazole rings is 1. The van der Waals surface area contributed by atoms with Crippen molar-refractivity contribution < 1.29 is 4.42 Å². The molecule has 0 bridgehead atoms. The van der Waals surface area contributed by atoms with Gasteiger partial charge in [-0.15, -0.1) is 0 Å². The van der Waals surface area contributed by atoms with E-state index in [0.29, 0.717) is 11.6 Å². The summed E-state index contributed by atoms with van der Waals surface area (Å²) in [6.07, 6.45) is 5.14. The van der Waals surface area contributed by atoms with E-state index in [-0.39, 0.29) is 0 Å². The number of rotatable bonds is 4. The van der Waals surface area contributed by atoms with E-state index < -0.39 is 0 Å². The summed E-state index contributed by atoms with van der Waals surface area (Å²) in [5.74, 6) is 1.34. The van der Waals surface area contributed by atoms with Crippen LogP contribution >= 0.6 is 11.8 Å². The smallest absolute Gasteiger partial charge is 0.226 e. The Balaban J connectivity index is 1.69. The second-order valence-corrected chi connectivity index (χ2v) is 4.77. The van der Waals surface area contributed by atoms with Crippen LogP contribution in [0, 0.1) is 0 Å². The van der Waals surface area contributed by atoms with Crippen LogP contribution in [0.5, 0.6) is 0 Å². The molecule has 0 fully saturated rings. The summed E-state index contributed by atoms with van der Waals surface area (Å²) in [4.78, 5) is 12.8. The van der Waals surface area contributed by atoms with Crippen molar-refractivity contribution in [3.8, 4) is 11.5 Å². The molecule has 2 aromatic heterocycles. The number of hydrogen-bond donors (Lipinski definition) is 0. The summed E-state index contributed by atoms with van der Waals surface area (Å²) in [6, 6.07) is 11.6. The van der Waals surface area contributed by atoms with Crippen molar-refractivity contribution in [2.24, 2.45) is 0 Å². The maximum Gasteiger partial charge on any atom is 0.226 e. The van der Waals surface area contributed by atoms with E-state index in [0.717, 1.165) is 16.4 Å². The third-order valence-corrected chi connectivity index (χ3v) is 3.37. The van der Waals surface area contributed by atoms with Crippen LogP contribution in [0.15, 0.2) is 64.6 Å². The summed E-state index contributed by atoms with van der Waals surface area (Å²) >= 11 is 1.54. The molecule has 0 aliphatic heterocycles. The van der Waals surface area contributed by atoms with Gasteiger partial charge in [-0.05, 0) is 18.2 Å². The first-order valence-corrected chi connectivity index (χ1v) is 6.80. The van der Waals surface area contributed by atoms with Gasteiger partial charge in [0.2, 0.25) is 5.89 Å². The van der Waals surface area contributed by atoms with Gasteiger partial charge in [-0.3, -0.25) is 0 Å². The molecule has 0 unspecified atom stereocenters. The Bertz CT molecular complexity index is 640. The highest BCUT2D eigenvalue weighted by molar-refractivity contribution is 7.98. The highest BCUT2D eigenvalue weighted by Crippen LogP contribution is 2.22. The fourth-order valence-corrected chi connectivity index (χ4v) is 2.27. The summed E-state index contributed by atoms with van der Waals surface area (Å²) in [5, 5.41) is 0.742. The van der Waals surface area contributed by atoms with Crippen molar-refractivity contribution in [1.82, 2.24) is 15.0 Å². The van der Waals surface area contributed by atoms with Gasteiger partial charge in [0.05, 0.1) is 5.69 Å². The normalized spacial score (nSPS) is 10.5. The number of hydrogen-bond acceptors (Lipinski definition) is 5. The number of thioether (sulfide) groups is 1. The Morgan fingerprint density at radius 2 is 1.79 bits per heavy atom. The molecular weight excluding hydrogens is 258 g/mol. The topological polar surface area (TPSA) is 51.8 Å². The molecule has 0 radical (unpaired) electrons. The zero-order valence-electron chi connectivity index (χ0n) is 10.1. The molecule has 0 saturated heterocycles. The summed E-state index contributed by atoms with van der Waals surface area (Å²) in [5.41, 5.74) is 1.87. The molecule has 94 valence electrons. The van der Waals surface area contributed by atoms with E-state index in [1.54, 1.807) is 24.7 Å². The summed E-state index contributed by atoms with van der Waals surface area (Å²) in [6.45, 7) is 0. The van der Waals surface area contributed by atoms with Gasteiger partial charge < -0.3 is 4.42 Å². The lowest BCUT2D eigenvalue weighted by molar-refractivity contribution is 0.573. The van der Waals surface area contributed by atoms with Crippen LogP contribution in [-0.2, 0) is 5.75 Å². The van der Waals surface area contributed by atoms with Crippen LogP contribution in [-0.4, -0.2) is 15.0 Å². The molecule has 0 aliphatic carbocycles. The van der Waals surface area contributed by atoms with Gasteiger partial charge in [0, 0.05) is 23.7 Å². The molecule has 4 nitrogen and oxygen atoms in total. The molecular formula is C14H11N3OS. The second kappa shape index (κ2) is 5.67. The minimum atomic E-state index is 0.644. The standard InChI is InChI=1S/C14H11N3OS/c1-2-5-11(6-3-1)13-17-12(9-18-13)10-19-14-15-7-4-8-16-14/h1-9H,10H2. The average Bonchev–Trinajstić information content (AvgIpc) is 2.96. The summed E-state index contributed by atoms with van der Waals surface area (Å²) < 4.78 is 5.47. The molecule has 0 N–H and O–H groups in total. The lowest BCUT2D eigenvalue weighted by atomic mass is 10.2. The van der Waals surface area contributed by atoms with Gasteiger partial charge in [0.15, 0.2) is 5.16 Å². The average molecular weight is 269 g/mol.